The Morgan fingerprint density at radius 3 is 2.42 bits per heavy atom. The Morgan fingerprint density at radius 2 is 1.67 bits per heavy atom. The Kier molecular flexibility index (Phi) is 6.79. The first-order valence-corrected chi connectivity index (χ1v) is 12.3. The van der Waals surface area contributed by atoms with Crippen molar-refractivity contribution in [1.82, 2.24) is 9.55 Å². The molecule has 0 aliphatic rings. The van der Waals surface area contributed by atoms with E-state index in [4.69, 9.17) is 17.0 Å². The van der Waals surface area contributed by atoms with Gasteiger partial charge in [-0.05, 0) is 84.5 Å². The van der Waals surface area contributed by atoms with E-state index < -0.39 is 0 Å². The number of anilines is 1. The van der Waals surface area contributed by atoms with Crippen LogP contribution in [0, 0.1) is 4.77 Å². The summed E-state index contributed by atoms with van der Waals surface area (Å²) in [6.07, 6.45) is 0. The van der Waals surface area contributed by atoms with Crippen molar-refractivity contribution >= 4 is 50.6 Å². The highest BCUT2D eigenvalue weighted by Crippen LogP contribution is 2.23. The van der Waals surface area contributed by atoms with Crippen LogP contribution in [0.25, 0.3) is 10.9 Å². The second-order valence-corrected chi connectivity index (χ2v) is 9.41. The number of carbonyl (C=O) groups excluding carboxylic acids is 1. The topological polar surface area (TPSA) is 76.1 Å². The standard InChI is InChI=1S/C28H20BrN3O3S/c29-20-6-4-5-18(15-20)17-32-27(34)24-14-9-19(16-25(24)31-28(32)36)26(33)30-21-10-12-23(13-11-21)35-22-7-2-1-3-8-22/h1-16H,17H2,(H,30,33)(H,31,36). The Labute approximate surface area is 220 Å². The van der Waals surface area contributed by atoms with Crippen molar-refractivity contribution in [3.63, 3.8) is 0 Å². The Hall–Kier alpha value is -4.01. The van der Waals surface area contributed by atoms with Crippen LogP contribution >= 0.6 is 28.1 Å². The molecule has 4 aromatic carbocycles. The van der Waals surface area contributed by atoms with Crippen molar-refractivity contribution in [2.45, 2.75) is 6.54 Å². The van der Waals surface area contributed by atoms with Crippen molar-refractivity contribution in [2.75, 3.05) is 5.32 Å². The molecule has 0 atom stereocenters. The third kappa shape index (κ3) is 5.30. The van der Waals surface area contributed by atoms with E-state index in [1.165, 1.54) is 4.57 Å². The fourth-order valence-electron chi connectivity index (χ4n) is 3.79. The van der Waals surface area contributed by atoms with Gasteiger partial charge in [-0.2, -0.15) is 0 Å². The number of rotatable bonds is 6. The van der Waals surface area contributed by atoms with Gasteiger partial charge in [-0.25, -0.2) is 0 Å². The number of halogens is 1. The van der Waals surface area contributed by atoms with Gasteiger partial charge >= 0.3 is 0 Å². The summed E-state index contributed by atoms with van der Waals surface area (Å²) in [5, 5.41) is 3.33. The van der Waals surface area contributed by atoms with E-state index >= 15 is 0 Å². The van der Waals surface area contributed by atoms with Gasteiger partial charge in [0.2, 0.25) is 0 Å². The second kappa shape index (κ2) is 10.3. The smallest absolute Gasteiger partial charge is 0.262 e. The summed E-state index contributed by atoms with van der Waals surface area (Å²) in [7, 11) is 0. The highest BCUT2D eigenvalue weighted by Gasteiger charge is 2.12. The molecule has 6 nitrogen and oxygen atoms in total. The number of nitrogens with one attached hydrogen (secondary N) is 2. The number of ether oxygens (including phenoxy) is 1. The highest BCUT2D eigenvalue weighted by atomic mass is 79.9. The summed E-state index contributed by atoms with van der Waals surface area (Å²) in [5.41, 5.74) is 2.27. The van der Waals surface area contributed by atoms with E-state index in [2.05, 4.69) is 26.2 Å². The number of aromatic amines is 1. The van der Waals surface area contributed by atoms with E-state index in [1.807, 2.05) is 54.6 Å². The minimum absolute atomic E-state index is 0.213. The average molecular weight is 558 g/mol. The normalized spacial score (nSPS) is 10.8. The predicted octanol–water partition coefficient (Wildman–Crippen LogP) is 6.91. The third-order valence-electron chi connectivity index (χ3n) is 5.56. The number of hydrogen-bond acceptors (Lipinski definition) is 4. The summed E-state index contributed by atoms with van der Waals surface area (Å²) < 4.78 is 8.52. The van der Waals surface area contributed by atoms with Gasteiger partial charge in [-0.15, -0.1) is 0 Å². The molecule has 0 saturated heterocycles. The van der Waals surface area contributed by atoms with Gasteiger partial charge in [0.1, 0.15) is 11.5 Å². The number of nitrogens with zero attached hydrogens (tertiary/aromatic N) is 1. The molecule has 178 valence electrons. The van der Waals surface area contributed by atoms with Gasteiger partial charge in [0.15, 0.2) is 4.77 Å². The number of hydrogen-bond donors (Lipinski definition) is 2. The lowest BCUT2D eigenvalue weighted by Crippen LogP contribution is -2.23. The molecule has 0 unspecified atom stereocenters. The zero-order chi connectivity index (χ0) is 25.1. The van der Waals surface area contributed by atoms with E-state index in [0.29, 0.717) is 39.2 Å². The average Bonchev–Trinajstić information content (AvgIpc) is 2.88. The number of benzene rings is 4. The number of H-pyrrole nitrogens is 1. The van der Waals surface area contributed by atoms with E-state index in [9.17, 15) is 9.59 Å². The van der Waals surface area contributed by atoms with Crippen molar-refractivity contribution in [1.29, 1.82) is 0 Å². The summed E-state index contributed by atoms with van der Waals surface area (Å²) in [4.78, 5) is 29.1. The van der Waals surface area contributed by atoms with Crippen molar-refractivity contribution in [3.05, 3.63) is 128 Å². The van der Waals surface area contributed by atoms with Gasteiger partial charge in [-0.3, -0.25) is 14.2 Å². The maximum absolute atomic E-state index is 13.1. The van der Waals surface area contributed by atoms with Gasteiger partial charge in [0.25, 0.3) is 11.5 Å². The molecule has 0 aliphatic heterocycles. The molecule has 1 aromatic heterocycles. The van der Waals surface area contributed by atoms with Crippen LogP contribution in [0.3, 0.4) is 0 Å². The maximum atomic E-state index is 13.1. The minimum Gasteiger partial charge on any atom is -0.457 e. The molecule has 5 rings (SSSR count). The SMILES string of the molecule is O=C(Nc1ccc(Oc2ccccc2)cc1)c1ccc2c(=O)n(Cc3cccc(Br)c3)c(=S)[nH]c2c1. The number of fused-ring (bicyclic) bond motifs is 1. The molecule has 8 heteroatoms. The summed E-state index contributed by atoms with van der Waals surface area (Å²) in [6.45, 7) is 0.343. The van der Waals surface area contributed by atoms with Crippen LogP contribution in [0.2, 0.25) is 0 Å². The number of amides is 1. The Balaban J connectivity index is 1.34. The zero-order valence-electron chi connectivity index (χ0n) is 18.9. The lowest BCUT2D eigenvalue weighted by Gasteiger charge is -2.10. The molecule has 0 spiro atoms. The quantitative estimate of drug-likeness (QED) is 0.222. The van der Waals surface area contributed by atoms with E-state index in [-0.39, 0.29) is 11.5 Å². The van der Waals surface area contributed by atoms with Gasteiger partial charge in [0.05, 0.1) is 17.4 Å². The Morgan fingerprint density at radius 1 is 0.917 bits per heavy atom. The molecule has 2 N–H and O–H groups in total. The van der Waals surface area contributed by atoms with Crippen LogP contribution in [0.1, 0.15) is 15.9 Å². The first-order valence-electron chi connectivity index (χ1n) is 11.1. The summed E-state index contributed by atoms with van der Waals surface area (Å²) in [6, 6.07) is 29.2. The molecule has 1 amide bonds. The van der Waals surface area contributed by atoms with Crippen LogP contribution in [-0.4, -0.2) is 15.5 Å². The molecule has 0 saturated carbocycles. The first kappa shape index (κ1) is 23.7. The monoisotopic (exact) mass is 557 g/mol. The molecule has 5 aromatic rings. The first-order chi connectivity index (χ1) is 17.5. The zero-order valence-corrected chi connectivity index (χ0v) is 21.3. The van der Waals surface area contributed by atoms with Crippen molar-refractivity contribution in [3.8, 4) is 11.5 Å². The predicted molar refractivity (Wildman–Crippen MR) is 148 cm³/mol. The van der Waals surface area contributed by atoms with Crippen LogP contribution in [-0.2, 0) is 6.54 Å². The van der Waals surface area contributed by atoms with Gasteiger partial charge < -0.3 is 15.0 Å². The Bertz CT molecular complexity index is 1680. The van der Waals surface area contributed by atoms with Crippen LogP contribution in [0.5, 0.6) is 11.5 Å². The van der Waals surface area contributed by atoms with E-state index in [1.54, 1.807) is 42.5 Å². The fourth-order valence-corrected chi connectivity index (χ4v) is 4.50. The molecule has 0 aliphatic carbocycles. The van der Waals surface area contributed by atoms with Crippen molar-refractivity contribution in [2.24, 2.45) is 0 Å². The van der Waals surface area contributed by atoms with Crippen LogP contribution in [0.4, 0.5) is 5.69 Å². The molecular weight excluding hydrogens is 538 g/mol. The fraction of sp³-hybridized carbons (Fsp3) is 0.0357. The maximum Gasteiger partial charge on any atom is 0.262 e. The van der Waals surface area contributed by atoms with Gasteiger partial charge in [0, 0.05) is 15.7 Å². The van der Waals surface area contributed by atoms with E-state index in [0.717, 1.165) is 15.8 Å². The molecule has 0 fully saturated rings. The largest absolute Gasteiger partial charge is 0.457 e. The minimum atomic E-state index is -0.300. The second-order valence-electron chi connectivity index (χ2n) is 8.11. The van der Waals surface area contributed by atoms with Gasteiger partial charge in [-0.1, -0.05) is 46.3 Å². The molecule has 0 radical (unpaired) electrons. The number of carbonyl (C=O) groups is 1. The third-order valence-corrected chi connectivity index (χ3v) is 6.38. The van der Waals surface area contributed by atoms with Crippen LogP contribution in [0.15, 0.2) is 106 Å². The number of para-hydroxylation sites is 1. The van der Waals surface area contributed by atoms with Crippen molar-refractivity contribution < 1.29 is 9.53 Å². The molecule has 36 heavy (non-hydrogen) atoms. The summed E-state index contributed by atoms with van der Waals surface area (Å²) >= 11 is 8.90. The highest BCUT2D eigenvalue weighted by molar-refractivity contribution is 9.10. The molecular formula is C28H20BrN3O3S. The lowest BCUT2D eigenvalue weighted by atomic mass is 10.1. The molecule has 1 heterocycles. The van der Waals surface area contributed by atoms with Crippen LogP contribution < -0.4 is 15.6 Å². The summed E-state index contributed by atoms with van der Waals surface area (Å²) in [5.74, 6) is 1.10. The number of aromatic nitrogens is 2. The lowest BCUT2D eigenvalue weighted by molar-refractivity contribution is 0.102. The molecule has 0 bridgehead atoms.